The molecule has 0 spiro atoms. The number of hydroxylamine groups is 1. The Morgan fingerprint density at radius 2 is 1.14 bits per heavy atom. The van der Waals surface area contributed by atoms with Gasteiger partial charge in [-0.2, -0.15) is 5.48 Å². The van der Waals surface area contributed by atoms with Crippen molar-refractivity contribution in [2.45, 2.75) is 26.4 Å². The minimum atomic E-state index is -0.0778. The monoisotopic (exact) mass is 399 g/mol. The summed E-state index contributed by atoms with van der Waals surface area (Å²) in [6.45, 7) is 5.40. The molecule has 0 radical (unpaired) electrons. The molecular weight excluding hydrogens is 370 g/mol. The number of para-hydroxylation sites is 1. The van der Waals surface area contributed by atoms with Crippen molar-refractivity contribution >= 4 is 12.4 Å². The van der Waals surface area contributed by atoms with E-state index in [2.05, 4.69) is 43.6 Å². The first-order valence-electron chi connectivity index (χ1n) is 9.51. The first-order valence-corrected chi connectivity index (χ1v) is 9.51. The largest absolute Gasteiger partial charge is 0.409 e. The van der Waals surface area contributed by atoms with Crippen LogP contribution in [0.4, 0.5) is 0 Å². The van der Waals surface area contributed by atoms with E-state index in [1.165, 1.54) is 6.42 Å². The van der Waals surface area contributed by atoms with Crippen LogP contribution in [0.5, 0.6) is 5.75 Å². The molecule has 0 saturated heterocycles. The van der Waals surface area contributed by atoms with Gasteiger partial charge >= 0.3 is 0 Å². The number of hydrogen-bond donors (Lipinski definition) is 1. The van der Waals surface area contributed by atoms with E-state index >= 15 is 0 Å². The van der Waals surface area contributed by atoms with Crippen molar-refractivity contribution in [3.63, 3.8) is 0 Å². The van der Waals surface area contributed by atoms with Gasteiger partial charge in [0.05, 0.1) is 13.2 Å². The summed E-state index contributed by atoms with van der Waals surface area (Å²) < 4.78 is 6.11. The first kappa shape index (κ1) is 23.7. The normalized spacial score (nSPS) is 9.82. The highest BCUT2D eigenvalue weighted by atomic mass is 35.5. The zero-order chi connectivity index (χ0) is 19.2. The maximum Gasteiger partial charge on any atom is 0.147 e. The molecule has 0 atom stereocenters. The molecule has 1 N–H and O–H groups in total. The molecule has 3 aromatic rings. The zero-order valence-corrected chi connectivity index (χ0v) is 17.4. The van der Waals surface area contributed by atoms with Gasteiger partial charge in [0, 0.05) is 0 Å². The van der Waals surface area contributed by atoms with Gasteiger partial charge in [0.1, 0.15) is 11.9 Å². The average molecular weight is 400 g/mol. The predicted octanol–water partition coefficient (Wildman–Crippen LogP) is 6.21. The third kappa shape index (κ3) is 8.57. The van der Waals surface area contributed by atoms with Crippen LogP contribution in [-0.4, -0.2) is 13.2 Å². The number of benzene rings is 3. The van der Waals surface area contributed by atoms with Crippen LogP contribution < -0.4 is 10.3 Å². The Morgan fingerprint density at radius 1 is 0.714 bits per heavy atom. The van der Waals surface area contributed by atoms with E-state index in [1.807, 2.05) is 66.7 Å². The van der Waals surface area contributed by atoms with Crippen LogP contribution in [0.1, 0.15) is 37.5 Å². The summed E-state index contributed by atoms with van der Waals surface area (Å²) in [4.78, 5) is 5.47. The molecule has 0 heterocycles. The highest BCUT2D eigenvalue weighted by Crippen LogP contribution is 2.25. The fourth-order valence-electron chi connectivity index (χ4n) is 2.48. The third-order valence-electron chi connectivity index (χ3n) is 3.63. The van der Waals surface area contributed by atoms with Crippen LogP contribution >= 0.6 is 12.4 Å². The van der Waals surface area contributed by atoms with Crippen LogP contribution in [0.15, 0.2) is 91.0 Å². The average Bonchev–Trinajstić information content (AvgIpc) is 2.73. The Bertz CT molecular complexity index is 684. The molecule has 0 unspecified atom stereocenters. The lowest BCUT2D eigenvalue weighted by Crippen LogP contribution is -2.24. The molecule has 4 heteroatoms. The maximum absolute atomic E-state index is 6.11. The van der Waals surface area contributed by atoms with Crippen LogP contribution in [-0.2, 0) is 4.74 Å². The summed E-state index contributed by atoms with van der Waals surface area (Å²) in [5.74, 6) is 0.792. The van der Waals surface area contributed by atoms with E-state index in [1.54, 1.807) is 0 Å². The molecule has 3 rings (SSSR count). The Labute approximate surface area is 175 Å². The molecule has 0 aliphatic rings. The minimum absolute atomic E-state index is 0. The molecule has 0 fully saturated rings. The lowest BCUT2D eigenvalue weighted by atomic mass is 10.0. The summed E-state index contributed by atoms with van der Waals surface area (Å²) in [7, 11) is 0. The van der Waals surface area contributed by atoms with Gasteiger partial charge < -0.3 is 9.57 Å². The fraction of sp³-hybridized carbons (Fsp3) is 0.250. The Kier molecular flexibility index (Phi) is 12.4. The van der Waals surface area contributed by atoms with Crippen LogP contribution in [0, 0.1) is 0 Å². The molecular formula is C24H30ClNO2. The second-order valence-electron chi connectivity index (χ2n) is 6.09. The van der Waals surface area contributed by atoms with Crippen LogP contribution in [0.3, 0.4) is 0 Å². The van der Waals surface area contributed by atoms with Crippen molar-refractivity contribution in [3.8, 4) is 5.75 Å². The Balaban J connectivity index is 0.000000921. The van der Waals surface area contributed by atoms with Crippen molar-refractivity contribution in [1.82, 2.24) is 5.48 Å². The lowest BCUT2D eigenvalue weighted by Gasteiger charge is -2.19. The second-order valence-corrected chi connectivity index (χ2v) is 6.09. The van der Waals surface area contributed by atoms with Crippen molar-refractivity contribution in [1.29, 1.82) is 0 Å². The van der Waals surface area contributed by atoms with Gasteiger partial charge in [-0.05, 0) is 23.3 Å². The van der Waals surface area contributed by atoms with E-state index in [-0.39, 0.29) is 18.5 Å². The number of hydrogen-bond acceptors (Lipinski definition) is 3. The van der Waals surface area contributed by atoms with Gasteiger partial charge in [0.2, 0.25) is 0 Å². The summed E-state index contributed by atoms with van der Waals surface area (Å²) in [5, 5.41) is 0. The number of ether oxygens (including phenoxy) is 1. The molecule has 0 aliphatic carbocycles. The molecule has 0 saturated carbocycles. The Morgan fingerprint density at radius 3 is 1.61 bits per heavy atom. The minimum Gasteiger partial charge on any atom is -0.409 e. The second kappa shape index (κ2) is 14.7. The van der Waals surface area contributed by atoms with Crippen molar-refractivity contribution in [2.24, 2.45) is 0 Å². The third-order valence-corrected chi connectivity index (χ3v) is 3.63. The molecule has 150 valence electrons. The zero-order valence-electron chi connectivity index (χ0n) is 16.6. The molecule has 3 aromatic carbocycles. The SMILES string of the molecule is CCC.Cl.c1ccc(ONCCOC(c2ccccc2)c2ccccc2)cc1. The quantitative estimate of drug-likeness (QED) is 0.360. The molecule has 3 nitrogen and oxygen atoms in total. The van der Waals surface area contributed by atoms with Crippen molar-refractivity contribution in [2.75, 3.05) is 13.2 Å². The topological polar surface area (TPSA) is 30.5 Å². The molecule has 0 amide bonds. The summed E-state index contributed by atoms with van der Waals surface area (Å²) in [6, 6.07) is 30.2. The van der Waals surface area contributed by atoms with E-state index < -0.39 is 0 Å². The smallest absolute Gasteiger partial charge is 0.147 e. The van der Waals surface area contributed by atoms with E-state index in [9.17, 15) is 0 Å². The summed E-state index contributed by atoms with van der Waals surface area (Å²) in [5.41, 5.74) is 5.23. The number of halogens is 1. The highest BCUT2D eigenvalue weighted by Gasteiger charge is 2.13. The van der Waals surface area contributed by atoms with Gasteiger partial charge in [0.15, 0.2) is 0 Å². The molecule has 0 bridgehead atoms. The lowest BCUT2D eigenvalue weighted by molar-refractivity contribution is 0.0616. The van der Waals surface area contributed by atoms with E-state index in [0.717, 1.165) is 16.9 Å². The van der Waals surface area contributed by atoms with Gasteiger partial charge in [-0.25, -0.2) is 0 Å². The Hall–Kier alpha value is -2.33. The number of rotatable bonds is 8. The summed E-state index contributed by atoms with van der Waals surface area (Å²) in [6.07, 6.45) is 1.17. The molecule has 0 aromatic heterocycles. The van der Waals surface area contributed by atoms with Crippen molar-refractivity contribution < 1.29 is 9.57 Å². The van der Waals surface area contributed by atoms with Gasteiger partial charge in [-0.15, -0.1) is 12.4 Å². The van der Waals surface area contributed by atoms with Gasteiger partial charge in [-0.1, -0.05) is 99.1 Å². The van der Waals surface area contributed by atoms with E-state index in [0.29, 0.717) is 13.2 Å². The van der Waals surface area contributed by atoms with Crippen LogP contribution in [0.2, 0.25) is 0 Å². The summed E-state index contributed by atoms with van der Waals surface area (Å²) >= 11 is 0. The van der Waals surface area contributed by atoms with Gasteiger partial charge in [-0.3, -0.25) is 0 Å². The molecule has 28 heavy (non-hydrogen) atoms. The highest BCUT2D eigenvalue weighted by molar-refractivity contribution is 5.85. The molecule has 0 aliphatic heterocycles. The standard InChI is InChI=1S/C21H21NO2.C3H8.ClH/c1-4-10-18(11-5-1)21(19-12-6-2-7-13-19)23-17-16-22-24-20-14-8-3-9-15-20;1-3-2;/h1-15,21-22H,16-17H2;3H2,1-2H3;1H. The van der Waals surface area contributed by atoms with E-state index in [4.69, 9.17) is 9.57 Å². The number of nitrogens with one attached hydrogen (secondary N) is 1. The first-order chi connectivity index (χ1) is 13.3. The van der Waals surface area contributed by atoms with Crippen LogP contribution in [0.25, 0.3) is 0 Å². The maximum atomic E-state index is 6.11. The predicted molar refractivity (Wildman–Crippen MR) is 119 cm³/mol. The van der Waals surface area contributed by atoms with Gasteiger partial charge in [0.25, 0.3) is 0 Å². The fourth-order valence-corrected chi connectivity index (χ4v) is 2.48. The van der Waals surface area contributed by atoms with Crippen molar-refractivity contribution in [3.05, 3.63) is 102 Å².